The van der Waals surface area contributed by atoms with E-state index in [1.165, 1.54) is 16.8 Å². The fourth-order valence-corrected chi connectivity index (χ4v) is 7.54. The van der Waals surface area contributed by atoms with E-state index < -0.39 is 0 Å². The summed E-state index contributed by atoms with van der Waals surface area (Å²) in [6.45, 7) is 2.10. The van der Waals surface area contributed by atoms with Crippen molar-refractivity contribution in [3.05, 3.63) is 100 Å². The van der Waals surface area contributed by atoms with Crippen molar-refractivity contribution in [2.75, 3.05) is 18.0 Å². The van der Waals surface area contributed by atoms with Gasteiger partial charge in [0, 0.05) is 59.3 Å². The molecule has 0 aromatic heterocycles. The summed E-state index contributed by atoms with van der Waals surface area (Å²) in [5.74, 6) is 1.37. The Labute approximate surface area is 242 Å². The fourth-order valence-electron chi connectivity index (χ4n) is 7.29. The number of piperidine rings is 2. The number of halogens is 2. The first-order valence-electron chi connectivity index (χ1n) is 14.4. The molecule has 0 bridgehead atoms. The van der Waals surface area contributed by atoms with Crippen molar-refractivity contribution in [1.82, 2.24) is 10.6 Å². The van der Waals surface area contributed by atoms with Crippen LogP contribution in [0.4, 0.5) is 5.69 Å². The Morgan fingerprint density at radius 1 is 0.795 bits per heavy atom. The van der Waals surface area contributed by atoms with Gasteiger partial charge in [-0.15, -0.1) is 0 Å². The number of nitrogens with zero attached hydrogens (tertiary/aromatic N) is 1. The van der Waals surface area contributed by atoms with E-state index in [-0.39, 0.29) is 23.9 Å². The molecule has 204 valence electrons. The van der Waals surface area contributed by atoms with Gasteiger partial charge in [0.2, 0.25) is 5.91 Å². The molecule has 2 heterocycles. The molecule has 4 unspecified atom stereocenters. The molecular weight excluding hydrogens is 525 g/mol. The minimum atomic E-state index is 0.195. The van der Waals surface area contributed by atoms with Gasteiger partial charge in [0.15, 0.2) is 0 Å². The molecule has 1 aliphatic carbocycles. The minimum absolute atomic E-state index is 0.195. The van der Waals surface area contributed by atoms with Crippen molar-refractivity contribution >= 4 is 34.8 Å². The third-order valence-corrected chi connectivity index (χ3v) is 9.71. The second-order valence-corrected chi connectivity index (χ2v) is 12.4. The summed E-state index contributed by atoms with van der Waals surface area (Å²) < 4.78 is 0. The highest BCUT2D eigenvalue weighted by atomic mass is 35.5. The number of hydrogen-bond acceptors (Lipinski definition) is 3. The van der Waals surface area contributed by atoms with E-state index in [9.17, 15) is 4.79 Å². The van der Waals surface area contributed by atoms with Crippen LogP contribution in [0, 0.1) is 11.8 Å². The van der Waals surface area contributed by atoms with Gasteiger partial charge < -0.3 is 15.5 Å². The Morgan fingerprint density at radius 3 is 2.03 bits per heavy atom. The number of carbonyl (C=O) groups is 1. The first kappa shape index (κ1) is 26.7. The first-order valence-corrected chi connectivity index (χ1v) is 15.2. The van der Waals surface area contributed by atoms with Crippen LogP contribution in [-0.2, 0) is 4.79 Å². The number of anilines is 1. The van der Waals surface area contributed by atoms with E-state index in [1.54, 1.807) is 0 Å². The van der Waals surface area contributed by atoms with Gasteiger partial charge in [0.1, 0.15) is 0 Å². The van der Waals surface area contributed by atoms with Crippen molar-refractivity contribution in [3.8, 4) is 0 Å². The summed E-state index contributed by atoms with van der Waals surface area (Å²) in [7, 11) is 0. The highest BCUT2D eigenvalue weighted by molar-refractivity contribution is 6.30. The number of hydrogen-bond donors (Lipinski definition) is 2. The van der Waals surface area contributed by atoms with Gasteiger partial charge in [0.05, 0.1) is 0 Å². The Morgan fingerprint density at radius 2 is 1.41 bits per heavy atom. The van der Waals surface area contributed by atoms with Crippen molar-refractivity contribution in [2.45, 2.75) is 62.6 Å². The molecule has 3 aromatic carbocycles. The molecule has 39 heavy (non-hydrogen) atoms. The summed E-state index contributed by atoms with van der Waals surface area (Å²) in [4.78, 5) is 15.2. The van der Waals surface area contributed by atoms with Crippen molar-refractivity contribution in [1.29, 1.82) is 0 Å². The highest BCUT2D eigenvalue weighted by Gasteiger charge is 2.43. The molecule has 2 saturated heterocycles. The summed E-state index contributed by atoms with van der Waals surface area (Å²) in [6, 6.07) is 28.3. The van der Waals surface area contributed by atoms with Gasteiger partial charge in [-0.25, -0.2) is 0 Å². The molecule has 2 aliphatic heterocycles. The molecule has 2 N–H and O–H groups in total. The van der Waals surface area contributed by atoms with Gasteiger partial charge in [-0.3, -0.25) is 4.79 Å². The number of rotatable bonds is 6. The minimum Gasteiger partial charge on any atom is -0.371 e. The molecule has 4 atom stereocenters. The van der Waals surface area contributed by atoms with Crippen LogP contribution in [0.5, 0.6) is 0 Å². The fraction of sp³-hybridized carbons (Fsp3) is 0.424. The second kappa shape index (κ2) is 11.9. The molecule has 0 radical (unpaired) electrons. The lowest BCUT2D eigenvalue weighted by Gasteiger charge is -2.47. The SMILES string of the molecule is O=C1CC(NC2CCN(c3ccccc3)CC2)C2CC(C(c3ccc(Cl)cc3)c3ccc(Cl)cc3)CCC2N1. The van der Waals surface area contributed by atoms with Gasteiger partial charge >= 0.3 is 0 Å². The Bertz CT molecular complexity index is 1200. The van der Waals surface area contributed by atoms with E-state index in [1.807, 2.05) is 24.3 Å². The van der Waals surface area contributed by atoms with E-state index in [2.05, 4.69) is 70.1 Å². The maximum Gasteiger partial charge on any atom is 0.221 e. The highest BCUT2D eigenvalue weighted by Crippen LogP contribution is 2.45. The van der Waals surface area contributed by atoms with Crippen LogP contribution in [0.25, 0.3) is 0 Å². The molecule has 3 aliphatic rings. The smallest absolute Gasteiger partial charge is 0.221 e. The summed E-state index contributed by atoms with van der Waals surface area (Å²) in [5, 5.41) is 8.86. The van der Waals surface area contributed by atoms with Crippen LogP contribution < -0.4 is 15.5 Å². The van der Waals surface area contributed by atoms with Crippen molar-refractivity contribution in [3.63, 3.8) is 0 Å². The van der Waals surface area contributed by atoms with Crippen LogP contribution in [0.2, 0.25) is 10.0 Å². The quantitative estimate of drug-likeness (QED) is 0.338. The average molecular weight is 563 g/mol. The maximum atomic E-state index is 12.7. The lowest BCUT2D eigenvalue weighted by Crippen LogP contribution is -2.60. The average Bonchev–Trinajstić information content (AvgIpc) is 2.96. The molecule has 3 fully saturated rings. The molecule has 4 nitrogen and oxygen atoms in total. The maximum absolute atomic E-state index is 12.7. The Balaban J connectivity index is 1.18. The number of nitrogens with one attached hydrogen (secondary N) is 2. The zero-order valence-electron chi connectivity index (χ0n) is 22.2. The molecule has 6 rings (SSSR count). The molecule has 1 saturated carbocycles. The standard InChI is InChI=1S/C33H37Cl2N3O/c34-25-11-6-22(7-12-25)33(23-8-13-26(35)14-9-23)24-10-15-30-29(20-24)31(21-32(39)37-30)36-27-16-18-38(19-17-27)28-4-2-1-3-5-28/h1-9,11-14,24,27,29-31,33,36H,10,15-21H2,(H,37,39). The van der Waals surface area contributed by atoms with Crippen molar-refractivity contribution in [2.24, 2.45) is 11.8 Å². The molecular formula is C33H37Cl2N3O. The Kier molecular flexibility index (Phi) is 8.15. The topological polar surface area (TPSA) is 44.4 Å². The first-order chi connectivity index (χ1) is 19.0. The predicted octanol–water partition coefficient (Wildman–Crippen LogP) is 7.06. The molecule has 3 aromatic rings. The van der Waals surface area contributed by atoms with Crippen LogP contribution in [0.1, 0.15) is 55.6 Å². The third kappa shape index (κ3) is 6.14. The largest absolute Gasteiger partial charge is 0.371 e. The zero-order chi connectivity index (χ0) is 26.8. The lowest BCUT2D eigenvalue weighted by atomic mass is 9.65. The predicted molar refractivity (Wildman–Crippen MR) is 161 cm³/mol. The summed E-state index contributed by atoms with van der Waals surface area (Å²) >= 11 is 12.5. The van der Waals surface area contributed by atoms with E-state index in [0.29, 0.717) is 24.3 Å². The van der Waals surface area contributed by atoms with E-state index in [0.717, 1.165) is 55.2 Å². The molecule has 0 spiro atoms. The van der Waals surface area contributed by atoms with Gasteiger partial charge in [-0.1, -0.05) is 65.7 Å². The number of benzene rings is 3. The second-order valence-electron chi connectivity index (χ2n) is 11.6. The molecule has 1 amide bonds. The number of carbonyl (C=O) groups excluding carboxylic acids is 1. The summed E-state index contributed by atoms with van der Waals surface area (Å²) in [5.41, 5.74) is 3.89. The van der Waals surface area contributed by atoms with Crippen LogP contribution in [-0.4, -0.2) is 37.1 Å². The van der Waals surface area contributed by atoms with Gasteiger partial charge in [-0.2, -0.15) is 0 Å². The Hall–Kier alpha value is -2.53. The molecule has 6 heteroatoms. The number of para-hydroxylation sites is 1. The monoisotopic (exact) mass is 561 g/mol. The van der Waals surface area contributed by atoms with E-state index >= 15 is 0 Å². The van der Waals surface area contributed by atoms with Crippen LogP contribution in [0.15, 0.2) is 78.9 Å². The third-order valence-electron chi connectivity index (χ3n) is 9.20. The zero-order valence-corrected chi connectivity index (χ0v) is 23.7. The summed E-state index contributed by atoms with van der Waals surface area (Å²) in [6.07, 6.45) is 5.96. The number of amides is 1. The van der Waals surface area contributed by atoms with E-state index in [4.69, 9.17) is 23.2 Å². The lowest BCUT2D eigenvalue weighted by molar-refractivity contribution is -0.126. The van der Waals surface area contributed by atoms with Crippen LogP contribution >= 0.6 is 23.2 Å². The normalized spacial score (nSPS) is 25.8. The van der Waals surface area contributed by atoms with Gasteiger partial charge in [0.25, 0.3) is 0 Å². The number of fused-ring (bicyclic) bond motifs is 1. The van der Waals surface area contributed by atoms with Crippen molar-refractivity contribution < 1.29 is 4.79 Å². The van der Waals surface area contributed by atoms with Gasteiger partial charge in [-0.05, 0) is 91.5 Å². The van der Waals surface area contributed by atoms with Crippen LogP contribution in [0.3, 0.4) is 0 Å².